The topological polar surface area (TPSA) is 81.2 Å². The molecule has 7 heteroatoms. The molecular formula is C16H12ClN3O3. The van der Waals surface area contributed by atoms with Gasteiger partial charge in [0.2, 0.25) is 5.71 Å². The lowest BCUT2D eigenvalue weighted by Crippen LogP contribution is -2.19. The van der Waals surface area contributed by atoms with Crippen LogP contribution in [0.2, 0.25) is 5.02 Å². The van der Waals surface area contributed by atoms with E-state index in [1.54, 1.807) is 18.2 Å². The maximum atomic E-state index is 12.6. The summed E-state index contributed by atoms with van der Waals surface area (Å²) in [5.41, 5.74) is 2.54. The lowest BCUT2D eigenvalue weighted by atomic mass is 10.0. The molecule has 1 aliphatic rings. The molecule has 116 valence electrons. The van der Waals surface area contributed by atoms with E-state index in [0.717, 1.165) is 16.5 Å². The molecule has 0 radical (unpaired) electrons. The van der Waals surface area contributed by atoms with E-state index in [2.05, 4.69) is 5.32 Å². The molecule has 2 aromatic carbocycles. The molecule has 0 unspecified atom stereocenters. The molecule has 6 nitrogen and oxygen atoms in total. The fourth-order valence-electron chi connectivity index (χ4n) is 2.50. The molecule has 0 spiro atoms. The SMILES string of the molecule is O=[N+]([O-])C=C1C[N+]([O-])=C(c2ccccc2)c2cc(Cl)ccc2N1. The average Bonchev–Trinajstić information content (AvgIpc) is 2.62. The van der Waals surface area contributed by atoms with Crippen LogP contribution < -0.4 is 5.32 Å². The van der Waals surface area contributed by atoms with Crippen molar-refractivity contribution in [2.75, 3.05) is 11.9 Å². The zero-order chi connectivity index (χ0) is 16.4. The van der Waals surface area contributed by atoms with E-state index >= 15 is 0 Å². The van der Waals surface area contributed by atoms with Crippen molar-refractivity contribution in [3.8, 4) is 0 Å². The Morgan fingerprint density at radius 3 is 2.65 bits per heavy atom. The normalized spacial score (nSPS) is 15.8. The summed E-state index contributed by atoms with van der Waals surface area (Å²) >= 11 is 6.07. The van der Waals surface area contributed by atoms with Crippen molar-refractivity contribution in [3.63, 3.8) is 0 Å². The van der Waals surface area contributed by atoms with Crippen molar-refractivity contribution in [1.82, 2.24) is 0 Å². The standard InChI is InChI=1S/C16H12ClN3O3/c17-12-6-7-15-14(8-12)16(11-4-2-1-3-5-11)19(21)9-13(18-15)10-20(22)23/h1-8,10,18H,9H2. The van der Waals surface area contributed by atoms with E-state index in [1.165, 1.54) is 0 Å². The molecule has 1 N–H and O–H groups in total. The third-order valence-electron chi connectivity index (χ3n) is 3.40. The zero-order valence-electron chi connectivity index (χ0n) is 11.9. The van der Waals surface area contributed by atoms with Crippen LogP contribution in [0.5, 0.6) is 0 Å². The van der Waals surface area contributed by atoms with Gasteiger partial charge in [-0.25, -0.2) is 0 Å². The highest BCUT2D eigenvalue weighted by Gasteiger charge is 2.26. The fourth-order valence-corrected chi connectivity index (χ4v) is 2.67. The first-order valence-electron chi connectivity index (χ1n) is 6.83. The predicted molar refractivity (Wildman–Crippen MR) is 88.3 cm³/mol. The summed E-state index contributed by atoms with van der Waals surface area (Å²) in [6.07, 6.45) is 0.803. The van der Waals surface area contributed by atoms with Gasteiger partial charge in [0.25, 0.3) is 6.20 Å². The van der Waals surface area contributed by atoms with E-state index in [0.29, 0.717) is 22.0 Å². The Labute approximate surface area is 137 Å². The van der Waals surface area contributed by atoms with E-state index < -0.39 is 4.92 Å². The van der Waals surface area contributed by atoms with Crippen molar-refractivity contribution >= 4 is 23.0 Å². The first kappa shape index (κ1) is 15.1. The van der Waals surface area contributed by atoms with Gasteiger partial charge < -0.3 is 10.5 Å². The maximum absolute atomic E-state index is 12.6. The molecule has 2 aromatic rings. The van der Waals surface area contributed by atoms with Gasteiger partial charge >= 0.3 is 0 Å². The summed E-state index contributed by atoms with van der Waals surface area (Å²) in [5.74, 6) is 0. The first-order chi connectivity index (χ1) is 11.0. The summed E-state index contributed by atoms with van der Waals surface area (Å²) in [5, 5.41) is 26.8. The Morgan fingerprint density at radius 1 is 1.22 bits per heavy atom. The Balaban J connectivity index is 2.24. The minimum atomic E-state index is -0.584. The molecule has 0 bridgehead atoms. The smallest absolute Gasteiger partial charge is 0.260 e. The van der Waals surface area contributed by atoms with Crippen LogP contribution in [-0.2, 0) is 0 Å². The summed E-state index contributed by atoms with van der Waals surface area (Å²) < 4.78 is 0.736. The Bertz CT molecular complexity index is 832. The van der Waals surface area contributed by atoms with Gasteiger partial charge in [-0.15, -0.1) is 0 Å². The monoisotopic (exact) mass is 329 g/mol. The maximum Gasteiger partial charge on any atom is 0.260 e. The number of hydrogen-bond donors (Lipinski definition) is 1. The Hall–Kier alpha value is -2.86. The molecule has 0 amide bonds. The van der Waals surface area contributed by atoms with Crippen LogP contribution in [0.15, 0.2) is 60.4 Å². The van der Waals surface area contributed by atoms with Gasteiger partial charge in [0.1, 0.15) is 0 Å². The number of benzene rings is 2. The van der Waals surface area contributed by atoms with Gasteiger partial charge in [0.15, 0.2) is 12.2 Å². The number of nitro groups is 1. The van der Waals surface area contributed by atoms with Crippen LogP contribution in [0, 0.1) is 15.3 Å². The molecule has 0 atom stereocenters. The van der Waals surface area contributed by atoms with Crippen LogP contribution in [0.25, 0.3) is 0 Å². The van der Waals surface area contributed by atoms with Gasteiger partial charge in [-0.1, -0.05) is 29.8 Å². The summed E-state index contributed by atoms with van der Waals surface area (Å²) in [4.78, 5) is 10.2. The number of hydrogen-bond acceptors (Lipinski definition) is 4. The van der Waals surface area contributed by atoms with Crippen LogP contribution >= 0.6 is 11.6 Å². The average molecular weight is 330 g/mol. The minimum absolute atomic E-state index is 0.155. The molecule has 0 saturated heterocycles. The molecule has 3 rings (SSSR count). The molecule has 0 aromatic heterocycles. The van der Waals surface area contributed by atoms with Crippen LogP contribution in [0.3, 0.4) is 0 Å². The number of benzodiazepines with no additional fused rings is 1. The first-order valence-corrected chi connectivity index (χ1v) is 7.20. The number of nitrogens with one attached hydrogen (secondary N) is 1. The quantitative estimate of drug-likeness (QED) is 0.397. The minimum Gasteiger partial charge on any atom is -0.623 e. The molecule has 0 aliphatic carbocycles. The van der Waals surface area contributed by atoms with Gasteiger partial charge in [0, 0.05) is 10.6 Å². The molecule has 1 aliphatic heterocycles. The third kappa shape index (κ3) is 3.17. The second-order valence-electron chi connectivity index (χ2n) is 5.01. The molecular weight excluding hydrogens is 318 g/mol. The van der Waals surface area contributed by atoms with Crippen molar-refractivity contribution in [2.45, 2.75) is 0 Å². The van der Waals surface area contributed by atoms with Crippen molar-refractivity contribution < 1.29 is 9.66 Å². The van der Waals surface area contributed by atoms with Gasteiger partial charge in [-0.3, -0.25) is 10.1 Å². The van der Waals surface area contributed by atoms with Crippen molar-refractivity contribution in [3.05, 3.63) is 91.9 Å². The summed E-state index contributed by atoms with van der Waals surface area (Å²) in [7, 11) is 0. The van der Waals surface area contributed by atoms with Crippen LogP contribution in [-0.4, -0.2) is 21.9 Å². The number of nitrogens with zero attached hydrogens (tertiary/aromatic N) is 2. The van der Waals surface area contributed by atoms with Crippen molar-refractivity contribution in [2.24, 2.45) is 0 Å². The Morgan fingerprint density at radius 2 is 1.96 bits per heavy atom. The molecule has 1 heterocycles. The third-order valence-corrected chi connectivity index (χ3v) is 3.64. The molecule has 0 saturated carbocycles. The largest absolute Gasteiger partial charge is 0.623 e. The van der Waals surface area contributed by atoms with E-state index in [9.17, 15) is 15.3 Å². The number of rotatable bonds is 2. The number of halogens is 1. The highest BCUT2D eigenvalue weighted by atomic mass is 35.5. The highest BCUT2D eigenvalue weighted by molar-refractivity contribution is 6.31. The van der Waals surface area contributed by atoms with E-state index in [1.807, 2.05) is 30.3 Å². The predicted octanol–water partition coefficient (Wildman–Crippen LogP) is 3.23. The van der Waals surface area contributed by atoms with E-state index in [-0.39, 0.29) is 12.2 Å². The summed E-state index contributed by atoms with van der Waals surface area (Å²) in [6, 6.07) is 14.2. The summed E-state index contributed by atoms with van der Waals surface area (Å²) in [6.45, 7) is -0.155. The van der Waals surface area contributed by atoms with Crippen molar-refractivity contribution in [1.29, 1.82) is 0 Å². The van der Waals surface area contributed by atoms with Crippen LogP contribution in [0.4, 0.5) is 5.69 Å². The highest BCUT2D eigenvalue weighted by Crippen LogP contribution is 2.27. The number of fused-ring (bicyclic) bond motifs is 1. The fraction of sp³-hybridized carbons (Fsp3) is 0.0625. The second kappa shape index (κ2) is 6.10. The van der Waals surface area contributed by atoms with E-state index in [4.69, 9.17) is 11.6 Å². The van der Waals surface area contributed by atoms with Gasteiger partial charge in [-0.05, 0) is 30.3 Å². The van der Waals surface area contributed by atoms with Gasteiger partial charge in [-0.2, -0.15) is 4.74 Å². The Kier molecular flexibility index (Phi) is 3.99. The van der Waals surface area contributed by atoms with Crippen LogP contribution in [0.1, 0.15) is 11.1 Å². The molecule has 0 fully saturated rings. The second-order valence-corrected chi connectivity index (χ2v) is 5.44. The number of hydroxylamine groups is 1. The molecule has 23 heavy (non-hydrogen) atoms. The number of anilines is 1. The van der Waals surface area contributed by atoms with Gasteiger partial charge in [0.05, 0.1) is 16.2 Å². The zero-order valence-corrected chi connectivity index (χ0v) is 12.7. The lowest BCUT2D eigenvalue weighted by molar-refractivity contribution is -0.450. The lowest BCUT2D eigenvalue weighted by Gasteiger charge is -2.10.